The van der Waals surface area contributed by atoms with E-state index in [0.717, 1.165) is 36.6 Å². The highest BCUT2D eigenvalue weighted by molar-refractivity contribution is 5.08. The van der Waals surface area contributed by atoms with E-state index in [-0.39, 0.29) is 5.54 Å². The summed E-state index contributed by atoms with van der Waals surface area (Å²) in [5.41, 5.74) is 0.136. The Kier molecular flexibility index (Phi) is 4.41. The van der Waals surface area contributed by atoms with Crippen molar-refractivity contribution in [3.63, 3.8) is 0 Å². The largest absolute Gasteiger partial charge is 0.463 e. The van der Waals surface area contributed by atoms with Gasteiger partial charge < -0.3 is 9.73 Å². The Bertz CT molecular complexity index is 460. The highest BCUT2D eigenvalue weighted by Crippen LogP contribution is 2.36. The van der Waals surface area contributed by atoms with Crippen LogP contribution in [0, 0.1) is 5.92 Å². The van der Waals surface area contributed by atoms with Gasteiger partial charge in [0.2, 0.25) is 0 Å². The van der Waals surface area contributed by atoms with Crippen molar-refractivity contribution in [3.05, 3.63) is 23.7 Å². The van der Waals surface area contributed by atoms with Gasteiger partial charge in [0, 0.05) is 11.6 Å². The van der Waals surface area contributed by atoms with Crippen molar-refractivity contribution >= 4 is 0 Å². The molecule has 2 atom stereocenters. The molecule has 0 amide bonds. The Hall–Kier alpha value is -0.800. The zero-order valence-corrected chi connectivity index (χ0v) is 13.8. The lowest BCUT2D eigenvalue weighted by Gasteiger charge is -2.31. The van der Waals surface area contributed by atoms with Crippen LogP contribution in [-0.4, -0.2) is 23.0 Å². The Morgan fingerprint density at radius 2 is 1.90 bits per heavy atom. The summed E-state index contributed by atoms with van der Waals surface area (Å²) >= 11 is 0. The lowest BCUT2D eigenvalue weighted by molar-refractivity contribution is 0.164. The van der Waals surface area contributed by atoms with E-state index in [4.69, 9.17) is 4.42 Å². The highest BCUT2D eigenvalue weighted by atomic mass is 16.3. The molecule has 2 fully saturated rings. The van der Waals surface area contributed by atoms with E-state index in [2.05, 4.69) is 43.1 Å². The van der Waals surface area contributed by atoms with Crippen LogP contribution >= 0.6 is 0 Å². The van der Waals surface area contributed by atoms with E-state index >= 15 is 0 Å². The Morgan fingerprint density at radius 1 is 1.14 bits per heavy atom. The first-order valence-electron chi connectivity index (χ1n) is 8.58. The summed E-state index contributed by atoms with van der Waals surface area (Å²) in [5.74, 6) is 3.14. The van der Waals surface area contributed by atoms with Crippen molar-refractivity contribution < 1.29 is 4.42 Å². The van der Waals surface area contributed by atoms with Crippen LogP contribution in [0.5, 0.6) is 0 Å². The summed E-state index contributed by atoms with van der Waals surface area (Å²) in [6.45, 7) is 9.62. The predicted octanol–water partition coefficient (Wildman–Crippen LogP) is 3.93. The fourth-order valence-electron chi connectivity index (χ4n) is 3.85. The van der Waals surface area contributed by atoms with Gasteiger partial charge in [0.25, 0.3) is 0 Å². The number of rotatable bonds is 4. The molecule has 1 saturated heterocycles. The molecule has 1 N–H and O–H groups in total. The fourth-order valence-corrected chi connectivity index (χ4v) is 3.85. The molecule has 3 heteroatoms. The smallest absolute Gasteiger partial charge is 0.118 e. The van der Waals surface area contributed by atoms with E-state index < -0.39 is 0 Å². The van der Waals surface area contributed by atoms with E-state index in [9.17, 15) is 0 Å². The molecule has 0 aromatic carbocycles. The Balaban J connectivity index is 1.55. The summed E-state index contributed by atoms with van der Waals surface area (Å²) in [4.78, 5) is 2.66. The second-order valence-corrected chi connectivity index (χ2v) is 7.84. The van der Waals surface area contributed by atoms with Gasteiger partial charge in [-0.15, -0.1) is 0 Å². The van der Waals surface area contributed by atoms with Crippen molar-refractivity contribution in [2.45, 2.75) is 77.5 Å². The van der Waals surface area contributed by atoms with Crippen LogP contribution < -0.4 is 5.32 Å². The fraction of sp³-hybridized carbons (Fsp3) is 0.778. The molecule has 3 rings (SSSR count). The first-order chi connectivity index (χ1) is 10.0. The van der Waals surface area contributed by atoms with Crippen LogP contribution in [-0.2, 0) is 13.1 Å². The maximum atomic E-state index is 6.02. The molecular weight excluding hydrogens is 260 g/mol. The molecular formula is C18H30N2O. The molecule has 0 bridgehead atoms. The van der Waals surface area contributed by atoms with Crippen molar-refractivity contribution in [1.82, 2.24) is 10.2 Å². The summed E-state index contributed by atoms with van der Waals surface area (Å²) in [6, 6.07) is 5.11. The molecule has 1 aliphatic carbocycles. The van der Waals surface area contributed by atoms with Crippen LogP contribution in [0.4, 0.5) is 0 Å². The predicted molar refractivity (Wildman–Crippen MR) is 86.1 cm³/mol. The minimum atomic E-state index is 0.136. The monoisotopic (exact) mass is 290 g/mol. The minimum absolute atomic E-state index is 0.136. The molecule has 3 nitrogen and oxygen atoms in total. The lowest BCUT2D eigenvalue weighted by Crippen LogP contribution is -2.35. The van der Waals surface area contributed by atoms with Gasteiger partial charge in [0.05, 0.1) is 13.1 Å². The molecule has 118 valence electrons. The maximum Gasteiger partial charge on any atom is 0.118 e. The number of hydrogen-bond donors (Lipinski definition) is 1. The maximum absolute atomic E-state index is 6.02. The van der Waals surface area contributed by atoms with Crippen LogP contribution in [0.15, 0.2) is 16.5 Å². The molecule has 0 spiro atoms. The van der Waals surface area contributed by atoms with E-state index in [1.807, 2.05) is 0 Å². The van der Waals surface area contributed by atoms with Crippen LogP contribution in [0.3, 0.4) is 0 Å². The number of hydrogen-bond acceptors (Lipinski definition) is 3. The molecule has 1 aromatic rings. The van der Waals surface area contributed by atoms with Gasteiger partial charge in [0.1, 0.15) is 11.5 Å². The van der Waals surface area contributed by atoms with Gasteiger partial charge in [-0.3, -0.25) is 4.90 Å². The summed E-state index contributed by atoms with van der Waals surface area (Å²) in [6.07, 6.45) is 7.09. The quantitative estimate of drug-likeness (QED) is 0.910. The van der Waals surface area contributed by atoms with Crippen LogP contribution in [0.1, 0.15) is 64.4 Å². The second-order valence-electron chi connectivity index (χ2n) is 7.84. The molecule has 1 aliphatic heterocycles. The van der Waals surface area contributed by atoms with Gasteiger partial charge in [-0.05, 0) is 64.6 Å². The summed E-state index contributed by atoms with van der Waals surface area (Å²) < 4.78 is 6.02. The van der Waals surface area contributed by atoms with Crippen molar-refractivity contribution in [3.8, 4) is 0 Å². The third-order valence-electron chi connectivity index (χ3n) is 4.99. The molecule has 2 unspecified atom stereocenters. The second kappa shape index (κ2) is 6.13. The molecule has 0 radical (unpaired) electrons. The Morgan fingerprint density at radius 3 is 2.71 bits per heavy atom. The third-order valence-corrected chi connectivity index (χ3v) is 4.99. The van der Waals surface area contributed by atoms with Gasteiger partial charge in [-0.1, -0.05) is 12.8 Å². The summed E-state index contributed by atoms with van der Waals surface area (Å²) in [5, 5.41) is 3.48. The number of nitrogens with one attached hydrogen (secondary N) is 1. The molecule has 2 aliphatic rings. The van der Waals surface area contributed by atoms with Gasteiger partial charge in [-0.25, -0.2) is 0 Å². The summed E-state index contributed by atoms with van der Waals surface area (Å²) in [7, 11) is 0. The van der Waals surface area contributed by atoms with E-state index in [1.165, 1.54) is 38.6 Å². The number of fused-ring (bicyclic) bond motifs is 1. The van der Waals surface area contributed by atoms with Crippen LogP contribution in [0.2, 0.25) is 0 Å². The third kappa shape index (κ3) is 3.89. The first-order valence-corrected chi connectivity index (χ1v) is 8.58. The molecule has 1 aromatic heterocycles. The van der Waals surface area contributed by atoms with Gasteiger partial charge in [0.15, 0.2) is 0 Å². The lowest BCUT2D eigenvalue weighted by atomic mass is 9.85. The number of likely N-dealkylation sites (tertiary alicyclic amines) is 1. The number of nitrogens with zero attached hydrogens (tertiary/aromatic N) is 1. The molecule has 1 saturated carbocycles. The van der Waals surface area contributed by atoms with E-state index in [1.54, 1.807) is 0 Å². The average molecular weight is 290 g/mol. The van der Waals surface area contributed by atoms with Crippen molar-refractivity contribution in [2.24, 2.45) is 5.92 Å². The van der Waals surface area contributed by atoms with Crippen molar-refractivity contribution in [2.75, 3.05) is 6.54 Å². The van der Waals surface area contributed by atoms with Gasteiger partial charge in [-0.2, -0.15) is 0 Å². The van der Waals surface area contributed by atoms with E-state index in [0.29, 0.717) is 0 Å². The zero-order chi connectivity index (χ0) is 14.9. The van der Waals surface area contributed by atoms with Gasteiger partial charge >= 0.3 is 0 Å². The van der Waals surface area contributed by atoms with Crippen LogP contribution in [0.25, 0.3) is 0 Å². The molecule has 21 heavy (non-hydrogen) atoms. The van der Waals surface area contributed by atoms with Crippen molar-refractivity contribution in [1.29, 1.82) is 0 Å². The standard InChI is InChI=1S/C18H30N2O/c1-18(2,3)19-12-15-8-9-16(21-15)13-20-11-10-14-6-4-5-7-17(14)20/h8-9,14,17,19H,4-7,10-13H2,1-3H3. The SMILES string of the molecule is CC(C)(C)NCc1ccc(CN2CCC3CCCCC32)o1. The normalized spacial score (nSPS) is 27.0. The topological polar surface area (TPSA) is 28.4 Å². The molecule has 2 heterocycles. The minimum Gasteiger partial charge on any atom is -0.463 e. The Labute approximate surface area is 129 Å². The zero-order valence-electron chi connectivity index (χ0n) is 13.8. The first kappa shape index (κ1) is 15.1. The highest BCUT2D eigenvalue weighted by Gasteiger charge is 2.35. The number of furan rings is 1. The average Bonchev–Trinajstić information content (AvgIpc) is 3.04.